The van der Waals surface area contributed by atoms with Gasteiger partial charge in [-0.2, -0.15) is 0 Å². The zero-order valence-electron chi connectivity index (χ0n) is 17.9. The fourth-order valence-electron chi connectivity index (χ4n) is 4.17. The predicted octanol–water partition coefficient (Wildman–Crippen LogP) is 1.64. The third-order valence-corrected chi connectivity index (χ3v) is 6.02. The van der Waals surface area contributed by atoms with Crippen LogP contribution in [0, 0.1) is 11.7 Å². The van der Waals surface area contributed by atoms with Crippen molar-refractivity contribution < 1.29 is 18.8 Å². The number of piperazine rings is 1. The van der Waals surface area contributed by atoms with Gasteiger partial charge in [0.2, 0.25) is 17.7 Å². The van der Waals surface area contributed by atoms with Crippen molar-refractivity contribution in [3.05, 3.63) is 66.0 Å². The van der Waals surface area contributed by atoms with Crippen molar-refractivity contribution in [2.75, 3.05) is 44.2 Å². The van der Waals surface area contributed by atoms with Crippen molar-refractivity contribution in [3.63, 3.8) is 0 Å². The lowest BCUT2D eigenvalue weighted by atomic mass is 10.1. The summed E-state index contributed by atoms with van der Waals surface area (Å²) in [5, 5.41) is 2.69. The second-order valence-electron chi connectivity index (χ2n) is 8.24. The first kappa shape index (κ1) is 22.0. The summed E-state index contributed by atoms with van der Waals surface area (Å²) in [6, 6.07) is 15.8. The Labute approximate surface area is 186 Å². The molecule has 2 aliphatic heterocycles. The largest absolute Gasteiger partial charge is 0.347 e. The van der Waals surface area contributed by atoms with Gasteiger partial charge in [-0.05, 0) is 29.8 Å². The average molecular weight is 439 g/mol. The van der Waals surface area contributed by atoms with Crippen LogP contribution in [0.5, 0.6) is 0 Å². The Kier molecular flexibility index (Phi) is 6.80. The van der Waals surface area contributed by atoms with Crippen LogP contribution in [0.25, 0.3) is 0 Å². The molecule has 8 heteroatoms. The molecule has 0 aromatic heterocycles. The molecule has 2 aromatic rings. The van der Waals surface area contributed by atoms with Crippen LogP contribution in [-0.4, -0.2) is 66.8 Å². The van der Waals surface area contributed by atoms with Gasteiger partial charge in [0.1, 0.15) is 5.82 Å². The Hall–Kier alpha value is -3.26. The molecule has 2 saturated heterocycles. The van der Waals surface area contributed by atoms with Crippen LogP contribution in [0.2, 0.25) is 0 Å². The quantitative estimate of drug-likeness (QED) is 0.744. The highest BCUT2D eigenvalue weighted by Crippen LogP contribution is 2.25. The van der Waals surface area contributed by atoms with E-state index in [1.807, 2.05) is 18.2 Å². The summed E-state index contributed by atoms with van der Waals surface area (Å²) < 4.78 is 13.1. The van der Waals surface area contributed by atoms with E-state index >= 15 is 0 Å². The third-order valence-electron chi connectivity index (χ3n) is 6.02. The van der Waals surface area contributed by atoms with Crippen LogP contribution in [0.3, 0.4) is 0 Å². The first-order valence-electron chi connectivity index (χ1n) is 10.9. The molecule has 32 heavy (non-hydrogen) atoms. The molecular formula is C24H27FN4O3. The fourth-order valence-corrected chi connectivity index (χ4v) is 4.17. The highest BCUT2D eigenvalue weighted by Gasteiger charge is 2.35. The molecule has 3 amide bonds. The summed E-state index contributed by atoms with van der Waals surface area (Å²) in [6.07, 6.45) is 0.0789. The number of amides is 3. The molecule has 0 radical (unpaired) electrons. The van der Waals surface area contributed by atoms with Crippen molar-refractivity contribution in [2.45, 2.75) is 13.0 Å². The zero-order chi connectivity index (χ0) is 22.5. The maximum Gasteiger partial charge on any atom is 0.242 e. The second-order valence-corrected chi connectivity index (χ2v) is 8.24. The van der Waals surface area contributed by atoms with Gasteiger partial charge in [0.05, 0.1) is 12.5 Å². The van der Waals surface area contributed by atoms with Crippen LogP contribution in [-0.2, 0) is 20.9 Å². The lowest BCUT2D eigenvalue weighted by molar-refractivity contribution is -0.135. The van der Waals surface area contributed by atoms with E-state index in [-0.39, 0.29) is 43.0 Å². The van der Waals surface area contributed by atoms with Crippen molar-refractivity contribution >= 4 is 23.4 Å². The summed E-state index contributed by atoms with van der Waals surface area (Å²) in [6.45, 7) is 3.85. The van der Waals surface area contributed by atoms with E-state index in [0.717, 1.165) is 19.6 Å². The Balaban J connectivity index is 1.21. The van der Waals surface area contributed by atoms with Crippen LogP contribution in [0.1, 0.15) is 12.0 Å². The first-order valence-corrected chi connectivity index (χ1v) is 10.9. The molecule has 1 atom stereocenters. The van der Waals surface area contributed by atoms with Gasteiger partial charge in [-0.25, -0.2) is 4.39 Å². The van der Waals surface area contributed by atoms with E-state index in [9.17, 15) is 18.8 Å². The normalized spacial score (nSPS) is 19.3. The van der Waals surface area contributed by atoms with E-state index in [1.54, 1.807) is 4.90 Å². The Morgan fingerprint density at radius 1 is 0.969 bits per heavy atom. The van der Waals surface area contributed by atoms with Crippen LogP contribution in [0.4, 0.5) is 10.1 Å². The van der Waals surface area contributed by atoms with Crippen molar-refractivity contribution in [3.8, 4) is 0 Å². The van der Waals surface area contributed by atoms with Gasteiger partial charge in [-0.1, -0.05) is 30.3 Å². The molecular weight excluding hydrogens is 411 g/mol. The smallest absolute Gasteiger partial charge is 0.242 e. The summed E-state index contributed by atoms with van der Waals surface area (Å²) >= 11 is 0. The maximum absolute atomic E-state index is 13.1. The molecule has 1 N–H and O–H groups in total. The molecule has 2 aromatic carbocycles. The fraction of sp³-hybridized carbons (Fsp3) is 0.375. The monoisotopic (exact) mass is 438 g/mol. The van der Waals surface area contributed by atoms with Crippen molar-refractivity contribution in [1.29, 1.82) is 0 Å². The van der Waals surface area contributed by atoms with Gasteiger partial charge in [-0.3, -0.25) is 19.3 Å². The number of hydrogen-bond donors (Lipinski definition) is 1. The number of carbonyl (C=O) groups is 3. The van der Waals surface area contributed by atoms with Gasteiger partial charge in [0.15, 0.2) is 0 Å². The van der Waals surface area contributed by atoms with Crippen molar-refractivity contribution in [2.24, 2.45) is 5.92 Å². The summed E-state index contributed by atoms with van der Waals surface area (Å²) in [4.78, 5) is 42.9. The average Bonchev–Trinajstić information content (AvgIpc) is 3.20. The SMILES string of the molecule is O=C(NCC(=O)N1CCN(Cc2ccccc2)CC1)[C@@H]1CC(=O)N(c2ccc(F)cc2)C1. The molecule has 168 valence electrons. The van der Waals surface area contributed by atoms with Gasteiger partial charge in [0, 0.05) is 51.4 Å². The molecule has 7 nitrogen and oxygen atoms in total. The zero-order valence-corrected chi connectivity index (χ0v) is 17.9. The Morgan fingerprint density at radius 2 is 1.66 bits per heavy atom. The number of hydrogen-bond acceptors (Lipinski definition) is 4. The molecule has 2 aliphatic rings. The molecule has 2 fully saturated rings. The minimum Gasteiger partial charge on any atom is -0.347 e. The first-order chi connectivity index (χ1) is 15.5. The molecule has 0 saturated carbocycles. The molecule has 0 spiro atoms. The number of benzene rings is 2. The summed E-state index contributed by atoms with van der Waals surface area (Å²) in [5.41, 5.74) is 1.82. The molecule has 4 rings (SSSR count). The Bertz CT molecular complexity index is 959. The van der Waals surface area contributed by atoms with Crippen LogP contribution in [0.15, 0.2) is 54.6 Å². The highest BCUT2D eigenvalue weighted by atomic mass is 19.1. The minimum absolute atomic E-state index is 0.0707. The minimum atomic E-state index is -0.525. The molecule has 0 aliphatic carbocycles. The predicted molar refractivity (Wildman–Crippen MR) is 118 cm³/mol. The van der Waals surface area contributed by atoms with Gasteiger partial charge >= 0.3 is 0 Å². The van der Waals surface area contributed by atoms with Gasteiger partial charge in [0.25, 0.3) is 0 Å². The summed E-state index contributed by atoms with van der Waals surface area (Å²) in [5.74, 6) is -1.51. The lowest BCUT2D eigenvalue weighted by Gasteiger charge is -2.34. The topological polar surface area (TPSA) is 73.0 Å². The number of rotatable bonds is 6. The van der Waals surface area contributed by atoms with Gasteiger partial charge < -0.3 is 15.1 Å². The number of carbonyl (C=O) groups excluding carboxylic acids is 3. The third kappa shape index (κ3) is 5.31. The van der Waals surface area contributed by atoms with E-state index in [1.165, 1.54) is 34.7 Å². The Morgan fingerprint density at radius 3 is 2.34 bits per heavy atom. The number of nitrogens with one attached hydrogen (secondary N) is 1. The maximum atomic E-state index is 13.1. The van der Waals surface area contributed by atoms with E-state index < -0.39 is 5.92 Å². The van der Waals surface area contributed by atoms with E-state index in [4.69, 9.17) is 0 Å². The van der Waals surface area contributed by atoms with E-state index in [0.29, 0.717) is 18.8 Å². The number of halogens is 1. The standard InChI is InChI=1S/C24H27FN4O3/c25-20-6-8-21(9-7-20)29-17-19(14-22(29)30)24(32)26-15-23(31)28-12-10-27(11-13-28)16-18-4-2-1-3-5-18/h1-9,19H,10-17H2,(H,26,32)/t19-/m1/s1. The van der Waals surface area contributed by atoms with Crippen LogP contribution >= 0.6 is 0 Å². The van der Waals surface area contributed by atoms with Gasteiger partial charge in [-0.15, -0.1) is 0 Å². The van der Waals surface area contributed by atoms with E-state index in [2.05, 4.69) is 22.3 Å². The molecule has 0 unspecified atom stereocenters. The highest BCUT2D eigenvalue weighted by molar-refractivity contribution is 6.00. The van der Waals surface area contributed by atoms with Crippen LogP contribution < -0.4 is 10.2 Å². The number of anilines is 1. The lowest BCUT2D eigenvalue weighted by Crippen LogP contribution is -2.51. The number of nitrogens with zero attached hydrogens (tertiary/aromatic N) is 3. The second kappa shape index (κ2) is 9.91. The molecule has 2 heterocycles. The van der Waals surface area contributed by atoms with Crippen molar-refractivity contribution in [1.82, 2.24) is 15.1 Å². The summed E-state index contributed by atoms with van der Waals surface area (Å²) in [7, 11) is 0. The molecule has 0 bridgehead atoms.